The summed E-state index contributed by atoms with van der Waals surface area (Å²) < 4.78 is 0. The van der Waals surface area contributed by atoms with Gasteiger partial charge in [0.1, 0.15) is 5.82 Å². The van der Waals surface area contributed by atoms with Gasteiger partial charge in [-0.05, 0) is 31.7 Å². The van der Waals surface area contributed by atoms with E-state index in [0.717, 1.165) is 38.0 Å². The maximum absolute atomic E-state index is 12.2. The van der Waals surface area contributed by atoms with Gasteiger partial charge in [-0.25, -0.2) is 4.98 Å². The average molecular weight is 314 g/mol. The van der Waals surface area contributed by atoms with Gasteiger partial charge in [-0.1, -0.05) is 23.2 Å². The molecular formula is C14H17Cl2N3O. The fourth-order valence-electron chi connectivity index (χ4n) is 2.57. The Morgan fingerprint density at radius 3 is 2.85 bits per heavy atom. The zero-order chi connectivity index (χ0) is 14.1. The molecule has 0 radical (unpaired) electrons. The van der Waals surface area contributed by atoms with E-state index >= 15 is 0 Å². The molecule has 20 heavy (non-hydrogen) atoms. The molecule has 4 nitrogen and oxygen atoms in total. The van der Waals surface area contributed by atoms with Gasteiger partial charge >= 0.3 is 0 Å². The molecule has 1 saturated heterocycles. The van der Waals surface area contributed by atoms with Crippen LogP contribution in [0, 0.1) is 5.92 Å². The van der Waals surface area contributed by atoms with Crippen LogP contribution in [-0.4, -0.2) is 30.0 Å². The number of hydrogen-bond acceptors (Lipinski definition) is 3. The molecule has 0 spiro atoms. The number of carbonyl (C=O) groups excluding carboxylic acids is 1. The summed E-state index contributed by atoms with van der Waals surface area (Å²) in [4.78, 5) is 18.5. The number of amides is 1. The van der Waals surface area contributed by atoms with Crippen LogP contribution in [0.15, 0.2) is 12.3 Å². The van der Waals surface area contributed by atoms with Gasteiger partial charge in [0.15, 0.2) is 0 Å². The van der Waals surface area contributed by atoms with E-state index in [1.807, 2.05) is 0 Å². The number of carbonyl (C=O) groups is 1. The van der Waals surface area contributed by atoms with Crippen molar-refractivity contribution in [3.05, 3.63) is 22.3 Å². The largest absolute Gasteiger partial charge is 0.355 e. The van der Waals surface area contributed by atoms with E-state index < -0.39 is 0 Å². The molecule has 2 heterocycles. The summed E-state index contributed by atoms with van der Waals surface area (Å²) in [5, 5.41) is 4.15. The number of aromatic nitrogens is 1. The first-order valence-electron chi connectivity index (χ1n) is 7.00. The predicted octanol–water partition coefficient (Wildman–Crippen LogP) is 2.88. The van der Waals surface area contributed by atoms with Crippen molar-refractivity contribution in [2.75, 3.05) is 18.0 Å². The van der Waals surface area contributed by atoms with Crippen LogP contribution in [0.3, 0.4) is 0 Å². The fourth-order valence-corrected chi connectivity index (χ4v) is 3.07. The summed E-state index contributed by atoms with van der Waals surface area (Å²) in [6.07, 6.45) is 5.74. The van der Waals surface area contributed by atoms with Crippen LogP contribution < -0.4 is 10.2 Å². The lowest BCUT2D eigenvalue weighted by Gasteiger charge is -2.33. The number of rotatable bonds is 3. The second kappa shape index (κ2) is 5.78. The molecule has 2 fully saturated rings. The molecule has 0 aromatic carbocycles. The van der Waals surface area contributed by atoms with Crippen LogP contribution in [0.25, 0.3) is 0 Å². The summed E-state index contributed by atoms with van der Waals surface area (Å²) in [6.45, 7) is 1.55. The van der Waals surface area contributed by atoms with Gasteiger partial charge in [0.25, 0.3) is 0 Å². The smallest absolute Gasteiger partial charge is 0.225 e. The van der Waals surface area contributed by atoms with Gasteiger partial charge in [0.05, 0.1) is 16.0 Å². The zero-order valence-corrected chi connectivity index (χ0v) is 12.6. The highest BCUT2D eigenvalue weighted by molar-refractivity contribution is 6.36. The van der Waals surface area contributed by atoms with Crippen molar-refractivity contribution in [3.63, 3.8) is 0 Å². The Morgan fingerprint density at radius 1 is 1.35 bits per heavy atom. The SMILES string of the molecule is O=C(NC1CC1)C1CCCN(c2ncc(Cl)cc2Cl)C1. The number of piperidine rings is 1. The first-order valence-corrected chi connectivity index (χ1v) is 7.75. The maximum Gasteiger partial charge on any atom is 0.225 e. The van der Waals surface area contributed by atoms with Crippen molar-refractivity contribution >= 4 is 34.9 Å². The van der Waals surface area contributed by atoms with Gasteiger partial charge in [-0.15, -0.1) is 0 Å². The number of hydrogen-bond donors (Lipinski definition) is 1. The summed E-state index contributed by atoms with van der Waals surface area (Å²) >= 11 is 12.1. The van der Waals surface area contributed by atoms with Crippen molar-refractivity contribution in [2.24, 2.45) is 5.92 Å². The molecule has 1 unspecified atom stereocenters. The zero-order valence-electron chi connectivity index (χ0n) is 11.1. The Bertz CT molecular complexity index is 519. The lowest BCUT2D eigenvalue weighted by molar-refractivity contribution is -0.125. The predicted molar refractivity (Wildman–Crippen MR) is 80.4 cm³/mol. The molecule has 1 aliphatic heterocycles. The molecule has 1 aliphatic carbocycles. The maximum atomic E-state index is 12.2. The first kappa shape index (κ1) is 14.0. The van der Waals surface area contributed by atoms with Crippen LogP contribution >= 0.6 is 23.2 Å². The van der Waals surface area contributed by atoms with Crippen molar-refractivity contribution in [3.8, 4) is 0 Å². The van der Waals surface area contributed by atoms with Crippen molar-refractivity contribution < 1.29 is 4.79 Å². The van der Waals surface area contributed by atoms with Crippen molar-refractivity contribution in [2.45, 2.75) is 31.7 Å². The molecule has 1 amide bonds. The van der Waals surface area contributed by atoms with Crippen LogP contribution in [0.1, 0.15) is 25.7 Å². The lowest BCUT2D eigenvalue weighted by Crippen LogP contribution is -2.44. The molecular weight excluding hydrogens is 297 g/mol. The minimum Gasteiger partial charge on any atom is -0.355 e. The highest BCUT2D eigenvalue weighted by Gasteiger charge is 2.31. The average Bonchev–Trinajstić information content (AvgIpc) is 3.23. The molecule has 1 N–H and O–H groups in total. The van der Waals surface area contributed by atoms with Crippen LogP contribution in [0.4, 0.5) is 5.82 Å². The van der Waals surface area contributed by atoms with Crippen LogP contribution in [-0.2, 0) is 4.79 Å². The standard InChI is InChI=1S/C14H17Cl2N3O/c15-10-6-12(16)13(17-7-10)19-5-1-2-9(8-19)14(20)18-11-3-4-11/h6-7,9,11H,1-5,8H2,(H,18,20). The van der Waals surface area contributed by atoms with E-state index in [9.17, 15) is 4.79 Å². The molecule has 1 atom stereocenters. The topological polar surface area (TPSA) is 45.2 Å². The van der Waals surface area contributed by atoms with E-state index in [1.54, 1.807) is 12.3 Å². The quantitative estimate of drug-likeness (QED) is 0.933. The monoisotopic (exact) mass is 313 g/mol. The summed E-state index contributed by atoms with van der Waals surface area (Å²) in [7, 11) is 0. The van der Waals surface area contributed by atoms with E-state index in [1.165, 1.54) is 0 Å². The third-order valence-corrected chi connectivity index (χ3v) is 4.29. The molecule has 2 aliphatic rings. The normalized spacial score (nSPS) is 22.7. The Morgan fingerprint density at radius 2 is 2.15 bits per heavy atom. The molecule has 1 aromatic heterocycles. The van der Waals surface area contributed by atoms with Crippen molar-refractivity contribution in [1.82, 2.24) is 10.3 Å². The minimum atomic E-state index is 0.0258. The Labute approximate surface area is 128 Å². The number of pyridine rings is 1. The van der Waals surface area contributed by atoms with E-state index in [0.29, 0.717) is 22.6 Å². The second-order valence-electron chi connectivity index (χ2n) is 5.53. The van der Waals surface area contributed by atoms with E-state index in [-0.39, 0.29) is 11.8 Å². The fraction of sp³-hybridized carbons (Fsp3) is 0.571. The molecule has 108 valence electrons. The Hall–Kier alpha value is -1.000. The van der Waals surface area contributed by atoms with Gasteiger partial charge < -0.3 is 10.2 Å². The number of nitrogens with one attached hydrogen (secondary N) is 1. The van der Waals surface area contributed by atoms with E-state index in [4.69, 9.17) is 23.2 Å². The lowest BCUT2D eigenvalue weighted by atomic mass is 9.97. The summed E-state index contributed by atoms with van der Waals surface area (Å²) in [5.41, 5.74) is 0. The van der Waals surface area contributed by atoms with Gasteiger partial charge in [0.2, 0.25) is 5.91 Å². The number of anilines is 1. The Balaban J connectivity index is 1.69. The minimum absolute atomic E-state index is 0.0258. The molecule has 1 aromatic rings. The van der Waals surface area contributed by atoms with Gasteiger partial charge in [-0.2, -0.15) is 0 Å². The molecule has 3 rings (SSSR count). The first-order chi connectivity index (χ1) is 9.63. The molecule has 6 heteroatoms. The van der Waals surface area contributed by atoms with Crippen LogP contribution in [0.2, 0.25) is 10.0 Å². The number of nitrogens with zero attached hydrogens (tertiary/aromatic N) is 2. The van der Waals surface area contributed by atoms with E-state index in [2.05, 4.69) is 15.2 Å². The second-order valence-corrected chi connectivity index (χ2v) is 6.37. The Kier molecular flexibility index (Phi) is 4.03. The van der Waals surface area contributed by atoms with Crippen LogP contribution in [0.5, 0.6) is 0 Å². The summed E-state index contributed by atoms with van der Waals surface area (Å²) in [5.74, 6) is 0.917. The summed E-state index contributed by atoms with van der Waals surface area (Å²) in [6, 6.07) is 2.11. The van der Waals surface area contributed by atoms with Gasteiger partial charge in [-0.3, -0.25) is 4.79 Å². The van der Waals surface area contributed by atoms with Gasteiger partial charge in [0, 0.05) is 25.3 Å². The third kappa shape index (κ3) is 3.18. The molecule has 0 bridgehead atoms. The molecule has 1 saturated carbocycles. The third-order valence-electron chi connectivity index (χ3n) is 3.80. The highest BCUT2D eigenvalue weighted by atomic mass is 35.5. The number of halogens is 2. The highest BCUT2D eigenvalue weighted by Crippen LogP contribution is 2.30. The van der Waals surface area contributed by atoms with Crippen molar-refractivity contribution in [1.29, 1.82) is 0 Å².